The lowest BCUT2D eigenvalue weighted by molar-refractivity contribution is -0.151. The third kappa shape index (κ3) is 5.53. The summed E-state index contributed by atoms with van der Waals surface area (Å²) in [5.41, 5.74) is 2.39. The average Bonchev–Trinajstić information content (AvgIpc) is 2.27. The quantitative estimate of drug-likeness (QED) is 0.716. The van der Waals surface area contributed by atoms with Gasteiger partial charge in [-0.25, -0.2) is 0 Å². The minimum Gasteiger partial charge on any atom is -0.460 e. The van der Waals surface area contributed by atoms with E-state index in [0.717, 1.165) is 6.54 Å². The molecule has 3 nitrogen and oxygen atoms in total. The number of fused-ring (bicyclic) bond motifs is 1. The van der Waals surface area contributed by atoms with E-state index in [1.165, 1.54) is 18.1 Å². The third-order valence-corrected chi connectivity index (χ3v) is 2.18. The molecule has 0 fully saturated rings. The number of ether oxygens (including phenoxy) is 1. The molecule has 18 heavy (non-hydrogen) atoms. The van der Waals surface area contributed by atoms with E-state index >= 15 is 0 Å². The van der Waals surface area contributed by atoms with Gasteiger partial charge in [0.15, 0.2) is 0 Å². The van der Waals surface area contributed by atoms with Crippen molar-refractivity contribution >= 4 is 12.0 Å². The van der Waals surface area contributed by atoms with Gasteiger partial charge < -0.3 is 10.1 Å². The van der Waals surface area contributed by atoms with Crippen LogP contribution in [0.4, 0.5) is 0 Å². The lowest BCUT2D eigenvalue weighted by Gasteiger charge is -2.17. The summed E-state index contributed by atoms with van der Waals surface area (Å²) in [7, 11) is 0. The molecular formula is C15H21NO2. The number of nitrogens with one attached hydrogen (secondary N) is 1. The van der Waals surface area contributed by atoms with Crippen LogP contribution >= 0.6 is 0 Å². The van der Waals surface area contributed by atoms with Crippen LogP contribution in [0, 0.1) is 0 Å². The van der Waals surface area contributed by atoms with Crippen molar-refractivity contribution in [3.63, 3.8) is 0 Å². The zero-order valence-corrected chi connectivity index (χ0v) is 11.5. The molecule has 0 saturated carbocycles. The summed E-state index contributed by atoms with van der Waals surface area (Å²) in [5, 5.41) is 3.16. The first kappa shape index (κ1) is 14.3. The summed E-state index contributed by atoms with van der Waals surface area (Å²) < 4.78 is 4.80. The summed E-state index contributed by atoms with van der Waals surface area (Å²) in [6, 6.07) is 8.41. The van der Waals surface area contributed by atoms with Gasteiger partial charge in [-0.3, -0.25) is 4.79 Å². The maximum Gasteiger partial charge on any atom is 0.303 e. The van der Waals surface area contributed by atoms with Crippen molar-refractivity contribution < 1.29 is 9.53 Å². The molecule has 0 atom stereocenters. The first-order valence-corrected chi connectivity index (χ1v) is 6.06. The Morgan fingerprint density at radius 2 is 1.94 bits per heavy atom. The van der Waals surface area contributed by atoms with Gasteiger partial charge in [-0.05, 0) is 44.2 Å². The Hall–Kier alpha value is -1.77. The van der Waals surface area contributed by atoms with Gasteiger partial charge in [0.05, 0.1) is 0 Å². The number of carbonyl (C=O) groups excluding carboxylic acids is 1. The second-order valence-electron chi connectivity index (χ2n) is 5.12. The molecule has 98 valence electrons. The normalized spacial score (nSPS) is 12.7. The first-order valence-electron chi connectivity index (χ1n) is 6.06. The number of benzene rings is 1. The molecule has 1 aliphatic rings. The Labute approximate surface area is 109 Å². The van der Waals surface area contributed by atoms with Crippen molar-refractivity contribution in [2.24, 2.45) is 0 Å². The maximum atomic E-state index is 10.2. The van der Waals surface area contributed by atoms with E-state index in [0.29, 0.717) is 0 Å². The molecule has 0 saturated heterocycles. The first-order chi connectivity index (χ1) is 8.38. The smallest absolute Gasteiger partial charge is 0.303 e. The van der Waals surface area contributed by atoms with E-state index in [1.54, 1.807) is 0 Å². The summed E-state index contributed by atoms with van der Waals surface area (Å²) in [5.74, 6) is -0.225. The zero-order chi connectivity index (χ0) is 13.6. The molecule has 1 aromatic carbocycles. The lowest BCUT2D eigenvalue weighted by atomic mass is 10.1. The maximum absolute atomic E-state index is 10.2. The molecule has 0 unspecified atom stereocenters. The Bertz CT molecular complexity index is 430. The number of hydrogen-bond acceptors (Lipinski definition) is 3. The SMILES string of the molecule is C1=Cc2ccccc2CN1.CC(=O)OC(C)(C)C. The predicted molar refractivity (Wildman–Crippen MR) is 73.8 cm³/mol. The van der Waals surface area contributed by atoms with Crippen LogP contribution in [0.5, 0.6) is 0 Å². The predicted octanol–water partition coefficient (Wildman–Crippen LogP) is 3.11. The van der Waals surface area contributed by atoms with Gasteiger partial charge in [-0.2, -0.15) is 0 Å². The van der Waals surface area contributed by atoms with Gasteiger partial charge in [0.1, 0.15) is 5.60 Å². The molecule has 0 bridgehead atoms. The fourth-order valence-electron chi connectivity index (χ4n) is 1.61. The van der Waals surface area contributed by atoms with Gasteiger partial charge in [-0.15, -0.1) is 0 Å². The molecule has 1 aromatic rings. The highest BCUT2D eigenvalue weighted by molar-refractivity contribution is 5.66. The van der Waals surface area contributed by atoms with Gasteiger partial charge >= 0.3 is 5.97 Å². The molecule has 3 heteroatoms. The van der Waals surface area contributed by atoms with Crippen LogP contribution in [-0.4, -0.2) is 11.6 Å². The van der Waals surface area contributed by atoms with E-state index in [1.807, 2.05) is 27.0 Å². The van der Waals surface area contributed by atoms with Crippen molar-refractivity contribution in [3.8, 4) is 0 Å². The van der Waals surface area contributed by atoms with Crippen LogP contribution in [0.2, 0.25) is 0 Å². The highest BCUT2D eigenvalue weighted by Gasteiger charge is 2.11. The number of rotatable bonds is 0. The highest BCUT2D eigenvalue weighted by atomic mass is 16.6. The summed E-state index contributed by atoms with van der Waals surface area (Å²) in [4.78, 5) is 10.2. The Balaban J connectivity index is 0.000000187. The minimum atomic E-state index is -0.328. The van der Waals surface area contributed by atoms with Crippen molar-refractivity contribution in [1.82, 2.24) is 5.32 Å². The van der Waals surface area contributed by atoms with E-state index in [9.17, 15) is 4.79 Å². The Morgan fingerprint density at radius 1 is 1.28 bits per heavy atom. The molecule has 1 aliphatic heterocycles. The molecule has 0 aromatic heterocycles. The minimum absolute atomic E-state index is 0.225. The molecule has 1 N–H and O–H groups in total. The molecule has 0 radical (unpaired) electrons. The molecule has 0 spiro atoms. The summed E-state index contributed by atoms with van der Waals surface area (Å²) >= 11 is 0. The second kappa shape index (κ2) is 6.24. The monoisotopic (exact) mass is 247 g/mol. The Kier molecular flexibility index (Phi) is 4.95. The fourth-order valence-corrected chi connectivity index (χ4v) is 1.61. The number of carbonyl (C=O) groups is 1. The molecule has 1 heterocycles. The Morgan fingerprint density at radius 3 is 2.44 bits per heavy atom. The third-order valence-electron chi connectivity index (χ3n) is 2.18. The van der Waals surface area contributed by atoms with Crippen molar-refractivity contribution in [2.75, 3.05) is 0 Å². The topological polar surface area (TPSA) is 38.3 Å². The fraction of sp³-hybridized carbons (Fsp3) is 0.400. The van der Waals surface area contributed by atoms with Crippen molar-refractivity contribution in [1.29, 1.82) is 0 Å². The highest BCUT2D eigenvalue weighted by Crippen LogP contribution is 2.12. The lowest BCUT2D eigenvalue weighted by Crippen LogP contribution is -2.21. The van der Waals surface area contributed by atoms with E-state index in [-0.39, 0.29) is 11.6 Å². The number of esters is 1. The second-order valence-corrected chi connectivity index (χ2v) is 5.12. The molecular weight excluding hydrogens is 226 g/mol. The molecule has 0 amide bonds. The van der Waals surface area contributed by atoms with Crippen molar-refractivity contribution in [2.45, 2.75) is 39.8 Å². The van der Waals surface area contributed by atoms with Gasteiger partial charge in [0.2, 0.25) is 0 Å². The van der Waals surface area contributed by atoms with Gasteiger partial charge in [-0.1, -0.05) is 24.3 Å². The van der Waals surface area contributed by atoms with Crippen LogP contribution < -0.4 is 5.32 Å². The van der Waals surface area contributed by atoms with Crippen LogP contribution in [0.25, 0.3) is 6.08 Å². The van der Waals surface area contributed by atoms with Gasteiger partial charge in [0.25, 0.3) is 0 Å². The van der Waals surface area contributed by atoms with Gasteiger partial charge in [0, 0.05) is 13.5 Å². The van der Waals surface area contributed by atoms with E-state index < -0.39 is 0 Å². The average molecular weight is 247 g/mol. The number of hydrogen-bond donors (Lipinski definition) is 1. The van der Waals surface area contributed by atoms with Crippen LogP contribution in [0.15, 0.2) is 30.5 Å². The van der Waals surface area contributed by atoms with Crippen LogP contribution in [0.1, 0.15) is 38.8 Å². The van der Waals surface area contributed by atoms with Crippen LogP contribution in [-0.2, 0) is 16.1 Å². The molecule has 0 aliphatic carbocycles. The van der Waals surface area contributed by atoms with E-state index in [4.69, 9.17) is 4.74 Å². The van der Waals surface area contributed by atoms with Crippen molar-refractivity contribution in [3.05, 3.63) is 41.6 Å². The molecule has 2 rings (SSSR count). The standard InChI is InChI=1S/C9H9N.C6H12O2/c1-2-4-9-7-10-6-5-8(9)3-1;1-5(7)8-6(2,3)4/h1-6,10H,7H2;1-4H3. The summed E-state index contributed by atoms with van der Waals surface area (Å²) in [6.07, 6.45) is 4.08. The largest absolute Gasteiger partial charge is 0.460 e. The summed E-state index contributed by atoms with van der Waals surface area (Å²) in [6.45, 7) is 7.90. The van der Waals surface area contributed by atoms with E-state index in [2.05, 4.69) is 35.7 Å². The van der Waals surface area contributed by atoms with Crippen LogP contribution in [0.3, 0.4) is 0 Å². The zero-order valence-electron chi connectivity index (χ0n) is 11.5.